The van der Waals surface area contributed by atoms with E-state index in [-0.39, 0.29) is 0 Å². The molecular weight excluding hydrogens is 244 g/mol. The number of nitrogens with zero attached hydrogens (tertiary/aromatic N) is 1. The molecule has 1 saturated heterocycles. The maximum absolute atomic E-state index is 3.80. The Bertz CT molecular complexity index is 320. The Morgan fingerprint density at radius 2 is 1.65 bits per heavy atom. The van der Waals surface area contributed by atoms with Crippen LogP contribution in [0.25, 0.3) is 0 Å². The van der Waals surface area contributed by atoms with Crippen LogP contribution in [0.1, 0.15) is 72.1 Å². The van der Waals surface area contributed by atoms with Crippen LogP contribution in [0.4, 0.5) is 0 Å². The van der Waals surface area contributed by atoms with Crippen molar-refractivity contribution in [2.24, 2.45) is 10.8 Å². The van der Waals surface area contributed by atoms with Gasteiger partial charge in [0.1, 0.15) is 0 Å². The topological polar surface area (TPSA) is 15.3 Å². The molecule has 0 aromatic carbocycles. The number of hydrogen-bond donors (Lipinski definition) is 1. The molecule has 3 rings (SSSR count). The second kappa shape index (κ2) is 5.61. The molecule has 0 bridgehead atoms. The number of piperidine rings is 1. The van der Waals surface area contributed by atoms with Gasteiger partial charge in [-0.1, -0.05) is 33.6 Å². The highest BCUT2D eigenvalue weighted by molar-refractivity contribution is 5.02. The van der Waals surface area contributed by atoms with Gasteiger partial charge < -0.3 is 5.32 Å². The zero-order valence-electron chi connectivity index (χ0n) is 13.9. The van der Waals surface area contributed by atoms with Crippen molar-refractivity contribution in [2.75, 3.05) is 19.6 Å². The number of likely N-dealkylation sites (N-methyl/N-ethyl adjacent to an activating group) is 1. The maximum Gasteiger partial charge on any atom is 0.0274 e. The fraction of sp³-hybridized carbons (Fsp3) is 1.00. The van der Waals surface area contributed by atoms with E-state index in [4.69, 9.17) is 0 Å². The lowest BCUT2D eigenvalue weighted by atomic mass is 9.76. The minimum absolute atomic E-state index is 0.475. The van der Waals surface area contributed by atoms with E-state index in [1.165, 1.54) is 64.5 Å². The minimum Gasteiger partial charge on any atom is -0.312 e. The Hall–Kier alpha value is -0.0800. The quantitative estimate of drug-likeness (QED) is 0.844. The predicted molar refractivity (Wildman–Crippen MR) is 86.0 cm³/mol. The Balaban J connectivity index is 1.62. The Morgan fingerprint density at radius 1 is 1.00 bits per heavy atom. The van der Waals surface area contributed by atoms with Gasteiger partial charge >= 0.3 is 0 Å². The van der Waals surface area contributed by atoms with E-state index in [0.29, 0.717) is 11.5 Å². The summed E-state index contributed by atoms with van der Waals surface area (Å²) < 4.78 is 0. The average Bonchev–Trinajstić information content (AvgIpc) is 2.99. The van der Waals surface area contributed by atoms with Crippen LogP contribution >= 0.6 is 0 Å². The fourth-order valence-corrected chi connectivity index (χ4v) is 5.34. The second-order valence-electron chi connectivity index (χ2n) is 8.37. The molecule has 1 spiro atoms. The molecule has 3 fully saturated rings. The first kappa shape index (κ1) is 14.8. The summed E-state index contributed by atoms with van der Waals surface area (Å²) in [5.74, 6) is 0. The van der Waals surface area contributed by atoms with Crippen molar-refractivity contribution in [3.63, 3.8) is 0 Å². The van der Waals surface area contributed by atoms with Gasteiger partial charge in [0.2, 0.25) is 0 Å². The van der Waals surface area contributed by atoms with E-state index in [1.807, 2.05) is 0 Å². The van der Waals surface area contributed by atoms with E-state index in [0.717, 1.165) is 18.0 Å². The van der Waals surface area contributed by atoms with Crippen LogP contribution in [0.2, 0.25) is 0 Å². The van der Waals surface area contributed by atoms with E-state index in [1.54, 1.807) is 0 Å². The molecular formula is C18H34N2. The fourth-order valence-electron chi connectivity index (χ4n) is 5.34. The van der Waals surface area contributed by atoms with Crippen LogP contribution in [0.5, 0.6) is 0 Å². The zero-order chi connectivity index (χ0) is 14.2. The third kappa shape index (κ3) is 2.66. The lowest BCUT2D eigenvalue weighted by Crippen LogP contribution is -2.54. The normalized spacial score (nSPS) is 36.8. The molecule has 0 aromatic rings. The summed E-state index contributed by atoms with van der Waals surface area (Å²) in [5, 5.41) is 3.80. The molecule has 0 radical (unpaired) electrons. The largest absolute Gasteiger partial charge is 0.312 e. The zero-order valence-corrected chi connectivity index (χ0v) is 13.9. The van der Waals surface area contributed by atoms with Crippen LogP contribution in [0, 0.1) is 10.8 Å². The van der Waals surface area contributed by atoms with E-state index in [2.05, 4.69) is 31.0 Å². The summed E-state index contributed by atoms with van der Waals surface area (Å²) >= 11 is 0. The summed E-state index contributed by atoms with van der Waals surface area (Å²) in [5.41, 5.74) is 1.24. The Kier molecular flexibility index (Phi) is 4.16. The van der Waals surface area contributed by atoms with Crippen LogP contribution < -0.4 is 5.32 Å². The van der Waals surface area contributed by atoms with Crippen molar-refractivity contribution < 1.29 is 0 Å². The molecule has 1 aliphatic heterocycles. The summed E-state index contributed by atoms with van der Waals surface area (Å²) in [4.78, 5) is 2.84. The number of nitrogens with one attached hydrogen (secondary N) is 1. The minimum atomic E-state index is 0.475. The van der Waals surface area contributed by atoms with Crippen molar-refractivity contribution in [2.45, 2.75) is 84.2 Å². The molecule has 0 aromatic heterocycles. The molecule has 2 aliphatic carbocycles. The summed E-state index contributed by atoms with van der Waals surface area (Å²) in [6, 6.07) is 1.49. The van der Waals surface area contributed by atoms with Crippen molar-refractivity contribution in [3.8, 4) is 0 Å². The lowest BCUT2D eigenvalue weighted by Gasteiger charge is -2.44. The van der Waals surface area contributed by atoms with Gasteiger partial charge in [-0.3, -0.25) is 4.90 Å². The predicted octanol–water partition coefficient (Wildman–Crippen LogP) is 3.81. The monoisotopic (exact) mass is 278 g/mol. The van der Waals surface area contributed by atoms with E-state index in [9.17, 15) is 0 Å². The summed E-state index contributed by atoms with van der Waals surface area (Å²) in [6.45, 7) is 11.0. The molecule has 2 unspecified atom stereocenters. The van der Waals surface area contributed by atoms with Crippen LogP contribution in [-0.2, 0) is 0 Å². The first-order valence-electron chi connectivity index (χ1n) is 9.04. The van der Waals surface area contributed by atoms with Gasteiger partial charge in [-0.2, -0.15) is 0 Å². The number of likely N-dealkylation sites (tertiary alicyclic amines) is 1. The SMILES string of the molecule is CCNC1C(N2CCC3(CCCC3)CC2)CCC1(C)C. The Labute approximate surface area is 125 Å². The van der Waals surface area contributed by atoms with Crippen molar-refractivity contribution in [1.82, 2.24) is 10.2 Å². The summed E-state index contributed by atoms with van der Waals surface area (Å²) in [7, 11) is 0. The highest BCUT2D eigenvalue weighted by Gasteiger charge is 2.46. The van der Waals surface area contributed by atoms with Gasteiger partial charge in [0, 0.05) is 12.1 Å². The van der Waals surface area contributed by atoms with Gasteiger partial charge in [0.05, 0.1) is 0 Å². The third-order valence-electron chi connectivity index (χ3n) is 6.73. The molecule has 1 heterocycles. The smallest absolute Gasteiger partial charge is 0.0274 e. The first-order chi connectivity index (χ1) is 9.56. The Morgan fingerprint density at radius 3 is 2.25 bits per heavy atom. The highest BCUT2D eigenvalue weighted by atomic mass is 15.2. The average molecular weight is 278 g/mol. The van der Waals surface area contributed by atoms with Crippen LogP contribution in [0.15, 0.2) is 0 Å². The lowest BCUT2D eigenvalue weighted by molar-refractivity contribution is 0.0599. The maximum atomic E-state index is 3.80. The van der Waals surface area contributed by atoms with E-state index >= 15 is 0 Å². The van der Waals surface area contributed by atoms with Crippen molar-refractivity contribution in [1.29, 1.82) is 0 Å². The van der Waals surface area contributed by atoms with Crippen LogP contribution in [0.3, 0.4) is 0 Å². The molecule has 2 saturated carbocycles. The highest BCUT2D eigenvalue weighted by Crippen LogP contribution is 2.48. The molecule has 116 valence electrons. The van der Waals surface area contributed by atoms with Gasteiger partial charge in [0.25, 0.3) is 0 Å². The van der Waals surface area contributed by atoms with Gasteiger partial charge in [-0.05, 0) is 69.0 Å². The first-order valence-corrected chi connectivity index (χ1v) is 9.04. The van der Waals surface area contributed by atoms with Gasteiger partial charge in [-0.15, -0.1) is 0 Å². The standard InChI is InChI=1S/C18H34N2/c1-4-19-16-15(7-10-17(16,2)3)20-13-11-18(12-14-20)8-5-6-9-18/h15-16,19H,4-14H2,1-3H3. The summed E-state index contributed by atoms with van der Waals surface area (Å²) in [6.07, 6.45) is 11.8. The molecule has 2 atom stereocenters. The molecule has 3 aliphatic rings. The van der Waals surface area contributed by atoms with Crippen LogP contribution in [-0.4, -0.2) is 36.6 Å². The van der Waals surface area contributed by atoms with Crippen molar-refractivity contribution in [3.05, 3.63) is 0 Å². The molecule has 1 N–H and O–H groups in total. The van der Waals surface area contributed by atoms with Gasteiger partial charge in [0.15, 0.2) is 0 Å². The molecule has 2 nitrogen and oxygen atoms in total. The van der Waals surface area contributed by atoms with E-state index < -0.39 is 0 Å². The number of hydrogen-bond acceptors (Lipinski definition) is 2. The molecule has 2 heteroatoms. The van der Waals surface area contributed by atoms with Gasteiger partial charge in [-0.25, -0.2) is 0 Å². The number of rotatable bonds is 3. The van der Waals surface area contributed by atoms with Crippen molar-refractivity contribution >= 4 is 0 Å². The molecule has 0 amide bonds. The third-order valence-corrected chi connectivity index (χ3v) is 6.73. The molecule has 20 heavy (non-hydrogen) atoms. The second-order valence-corrected chi connectivity index (χ2v) is 8.37.